The van der Waals surface area contributed by atoms with Crippen LogP contribution in [0.3, 0.4) is 0 Å². The minimum atomic E-state index is 0.493. The van der Waals surface area contributed by atoms with Gasteiger partial charge in [-0.2, -0.15) is 10.1 Å². The fourth-order valence-corrected chi connectivity index (χ4v) is 2.17. The van der Waals surface area contributed by atoms with E-state index in [1.807, 2.05) is 24.3 Å². The molecule has 0 fully saturated rings. The first-order valence-corrected chi connectivity index (χ1v) is 7.58. The molecule has 0 atom stereocenters. The SMILES string of the molecule is CCCN(CCC)c1cnnc(Nc2ccc(Cl)cc2)n1. The predicted molar refractivity (Wildman–Crippen MR) is 87.4 cm³/mol. The number of halogens is 1. The van der Waals surface area contributed by atoms with Crippen LogP contribution in [0.25, 0.3) is 0 Å². The molecule has 1 aromatic carbocycles. The number of hydrogen-bond donors (Lipinski definition) is 1. The zero-order valence-electron chi connectivity index (χ0n) is 12.4. The van der Waals surface area contributed by atoms with Gasteiger partial charge in [-0.05, 0) is 37.1 Å². The van der Waals surface area contributed by atoms with Gasteiger partial charge in [0, 0.05) is 23.8 Å². The third-order valence-corrected chi connectivity index (χ3v) is 3.21. The third-order valence-electron chi connectivity index (χ3n) is 2.96. The number of nitrogens with one attached hydrogen (secondary N) is 1. The molecule has 1 aromatic heterocycles. The molecular formula is C15H20ClN5. The number of anilines is 3. The Morgan fingerprint density at radius 1 is 1.10 bits per heavy atom. The van der Waals surface area contributed by atoms with Crippen molar-refractivity contribution < 1.29 is 0 Å². The fourth-order valence-electron chi connectivity index (χ4n) is 2.04. The average molecular weight is 306 g/mol. The van der Waals surface area contributed by atoms with Crippen molar-refractivity contribution in [2.24, 2.45) is 0 Å². The maximum absolute atomic E-state index is 5.87. The third kappa shape index (κ3) is 4.56. The zero-order valence-corrected chi connectivity index (χ0v) is 13.1. The topological polar surface area (TPSA) is 53.9 Å². The summed E-state index contributed by atoms with van der Waals surface area (Å²) in [6, 6.07) is 7.41. The Hall–Kier alpha value is -1.88. The molecule has 0 radical (unpaired) electrons. The summed E-state index contributed by atoms with van der Waals surface area (Å²) in [6.07, 6.45) is 3.85. The van der Waals surface area contributed by atoms with E-state index in [0.717, 1.165) is 37.4 Å². The summed E-state index contributed by atoms with van der Waals surface area (Å²) in [5.74, 6) is 1.34. The summed E-state index contributed by atoms with van der Waals surface area (Å²) in [5, 5.41) is 11.9. The van der Waals surface area contributed by atoms with Gasteiger partial charge in [-0.15, -0.1) is 5.10 Å². The van der Waals surface area contributed by atoms with E-state index in [0.29, 0.717) is 11.0 Å². The zero-order chi connectivity index (χ0) is 15.1. The normalized spacial score (nSPS) is 10.4. The van der Waals surface area contributed by atoms with E-state index in [4.69, 9.17) is 11.6 Å². The lowest BCUT2D eigenvalue weighted by molar-refractivity contribution is 0.728. The van der Waals surface area contributed by atoms with E-state index in [1.165, 1.54) is 0 Å². The number of nitrogens with zero attached hydrogens (tertiary/aromatic N) is 4. The number of aromatic nitrogens is 3. The van der Waals surface area contributed by atoms with E-state index in [9.17, 15) is 0 Å². The molecule has 0 saturated heterocycles. The van der Waals surface area contributed by atoms with E-state index in [-0.39, 0.29) is 0 Å². The molecule has 1 N–H and O–H groups in total. The van der Waals surface area contributed by atoms with Crippen molar-refractivity contribution >= 4 is 29.1 Å². The number of hydrogen-bond acceptors (Lipinski definition) is 5. The van der Waals surface area contributed by atoms with Crippen molar-refractivity contribution in [1.82, 2.24) is 15.2 Å². The van der Waals surface area contributed by atoms with Crippen LogP contribution in [-0.2, 0) is 0 Å². The van der Waals surface area contributed by atoms with Gasteiger partial charge in [0.25, 0.3) is 0 Å². The summed E-state index contributed by atoms with van der Waals surface area (Å²) in [7, 11) is 0. The van der Waals surface area contributed by atoms with Gasteiger partial charge >= 0.3 is 0 Å². The second-order valence-corrected chi connectivity index (χ2v) is 5.19. The van der Waals surface area contributed by atoms with Crippen LogP contribution in [0.15, 0.2) is 30.5 Å². The van der Waals surface area contributed by atoms with Gasteiger partial charge in [-0.25, -0.2) is 0 Å². The number of rotatable bonds is 7. The van der Waals surface area contributed by atoms with Crippen molar-refractivity contribution in [1.29, 1.82) is 0 Å². The standard InChI is InChI=1S/C15H20ClN5/c1-3-9-21(10-4-2)14-11-17-20-15(19-14)18-13-7-5-12(16)6-8-13/h5-8,11H,3-4,9-10H2,1-2H3,(H,18,19,20). The highest BCUT2D eigenvalue weighted by Crippen LogP contribution is 2.18. The Kier molecular flexibility index (Phi) is 5.75. The minimum Gasteiger partial charge on any atom is -0.355 e. The van der Waals surface area contributed by atoms with E-state index in [2.05, 4.69) is 39.2 Å². The highest BCUT2D eigenvalue weighted by molar-refractivity contribution is 6.30. The second-order valence-electron chi connectivity index (χ2n) is 4.76. The smallest absolute Gasteiger partial charge is 0.249 e. The van der Waals surface area contributed by atoms with E-state index in [1.54, 1.807) is 6.20 Å². The van der Waals surface area contributed by atoms with Crippen LogP contribution >= 0.6 is 11.6 Å². The maximum Gasteiger partial charge on any atom is 0.249 e. The molecule has 0 unspecified atom stereocenters. The van der Waals surface area contributed by atoms with Gasteiger partial charge in [0.15, 0.2) is 5.82 Å². The van der Waals surface area contributed by atoms with Gasteiger partial charge in [-0.1, -0.05) is 25.4 Å². The van der Waals surface area contributed by atoms with Crippen molar-refractivity contribution in [3.63, 3.8) is 0 Å². The molecule has 0 amide bonds. The molecule has 2 rings (SSSR count). The van der Waals surface area contributed by atoms with Crippen molar-refractivity contribution in [2.75, 3.05) is 23.3 Å². The molecule has 0 saturated carbocycles. The first kappa shape index (κ1) is 15.5. The second kappa shape index (κ2) is 7.78. The lowest BCUT2D eigenvalue weighted by Crippen LogP contribution is -2.26. The summed E-state index contributed by atoms with van der Waals surface area (Å²) < 4.78 is 0. The molecule has 0 aliphatic rings. The quantitative estimate of drug-likeness (QED) is 0.841. The van der Waals surface area contributed by atoms with Gasteiger partial charge in [0.1, 0.15) is 0 Å². The Labute approximate surface area is 130 Å². The lowest BCUT2D eigenvalue weighted by atomic mass is 10.3. The van der Waals surface area contributed by atoms with Crippen molar-refractivity contribution in [3.05, 3.63) is 35.5 Å². The Morgan fingerprint density at radius 2 is 1.76 bits per heavy atom. The van der Waals surface area contributed by atoms with Crippen LogP contribution in [0.2, 0.25) is 5.02 Å². The predicted octanol–water partition coefficient (Wildman–Crippen LogP) is 3.90. The minimum absolute atomic E-state index is 0.493. The van der Waals surface area contributed by atoms with Crippen LogP contribution in [0.4, 0.5) is 17.5 Å². The molecule has 5 nitrogen and oxygen atoms in total. The largest absolute Gasteiger partial charge is 0.355 e. The fraction of sp³-hybridized carbons (Fsp3) is 0.400. The Bertz CT molecular complexity index is 552. The van der Waals surface area contributed by atoms with Gasteiger partial charge in [0.2, 0.25) is 5.95 Å². The van der Waals surface area contributed by atoms with Crippen LogP contribution < -0.4 is 10.2 Å². The van der Waals surface area contributed by atoms with Crippen LogP contribution in [0.1, 0.15) is 26.7 Å². The molecular weight excluding hydrogens is 286 g/mol. The molecule has 0 spiro atoms. The molecule has 6 heteroatoms. The molecule has 0 aliphatic heterocycles. The van der Waals surface area contributed by atoms with E-state index >= 15 is 0 Å². The van der Waals surface area contributed by atoms with Gasteiger partial charge in [0.05, 0.1) is 6.20 Å². The molecule has 112 valence electrons. The van der Waals surface area contributed by atoms with Crippen LogP contribution in [0.5, 0.6) is 0 Å². The summed E-state index contributed by atoms with van der Waals surface area (Å²) in [4.78, 5) is 6.76. The van der Waals surface area contributed by atoms with Gasteiger partial charge < -0.3 is 10.2 Å². The Balaban J connectivity index is 2.14. The van der Waals surface area contributed by atoms with E-state index < -0.39 is 0 Å². The average Bonchev–Trinajstić information content (AvgIpc) is 2.50. The Morgan fingerprint density at radius 3 is 2.38 bits per heavy atom. The first-order chi connectivity index (χ1) is 10.2. The highest BCUT2D eigenvalue weighted by Gasteiger charge is 2.08. The molecule has 0 bridgehead atoms. The van der Waals surface area contributed by atoms with Crippen LogP contribution in [-0.4, -0.2) is 28.3 Å². The summed E-state index contributed by atoms with van der Waals surface area (Å²) in [5.41, 5.74) is 0.885. The monoisotopic (exact) mass is 305 g/mol. The van der Waals surface area contributed by atoms with Crippen molar-refractivity contribution in [3.8, 4) is 0 Å². The molecule has 2 aromatic rings. The highest BCUT2D eigenvalue weighted by atomic mass is 35.5. The van der Waals surface area contributed by atoms with Crippen LogP contribution in [0, 0.1) is 0 Å². The molecule has 1 heterocycles. The van der Waals surface area contributed by atoms with Gasteiger partial charge in [-0.3, -0.25) is 0 Å². The first-order valence-electron chi connectivity index (χ1n) is 7.20. The summed E-state index contributed by atoms with van der Waals surface area (Å²) in [6.45, 7) is 6.24. The summed E-state index contributed by atoms with van der Waals surface area (Å²) >= 11 is 5.87. The molecule has 21 heavy (non-hydrogen) atoms. The lowest BCUT2D eigenvalue weighted by Gasteiger charge is -2.22. The maximum atomic E-state index is 5.87. The number of benzene rings is 1. The van der Waals surface area contributed by atoms with Crippen molar-refractivity contribution in [2.45, 2.75) is 26.7 Å². The molecule has 0 aliphatic carbocycles.